The molecular weight excluding hydrogens is 259 g/mol. The maximum atomic E-state index is 12.7. The second-order valence-corrected chi connectivity index (χ2v) is 4.31. The standard InChI is InChI=1S/C14H11FN4O/c15-9-4-5-12(17-7-9)19-14(20)11-6-8-2-1-3-10(16)13(8)18-11/h1-7,18H,16H2,(H,17,19,20). The lowest BCUT2D eigenvalue weighted by Gasteiger charge is -2.01. The first kappa shape index (κ1) is 12.2. The van der Waals surface area contributed by atoms with E-state index in [-0.39, 0.29) is 11.7 Å². The number of para-hydroxylation sites is 1. The zero-order valence-electron chi connectivity index (χ0n) is 10.4. The maximum absolute atomic E-state index is 12.7. The monoisotopic (exact) mass is 270 g/mol. The number of halogens is 1. The van der Waals surface area contributed by atoms with Crippen LogP contribution in [0.4, 0.5) is 15.9 Å². The number of nitrogens with zero attached hydrogens (tertiary/aromatic N) is 1. The molecule has 4 N–H and O–H groups in total. The number of fused-ring (bicyclic) bond motifs is 1. The van der Waals surface area contributed by atoms with Crippen molar-refractivity contribution in [3.8, 4) is 0 Å². The molecule has 0 aliphatic carbocycles. The van der Waals surface area contributed by atoms with Crippen molar-refractivity contribution >= 4 is 28.3 Å². The molecular formula is C14H11FN4O. The zero-order valence-corrected chi connectivity index (χ0v) is 10.4. The lowest BCUT2D eigenvalue weighted by atomic mass is 10.2. The third kappa shape index (κ3) is 2.18. The Morgan fingerprint density at radius 1 is 1.30 bits per heavy atom. The first-order valence-corrected chi connectivity index (χ1v) is 5.93. The average molecular weight is 270 g/mol. The third-order valence-corrected chi connectivity index (χ3v) is 2.90. The second kappa shape index (κ2) is 4.65. The molecule has 100 valence electrons. The van der Waals surface area contributed by atoms with Gasteiger partial charge in [-0.3, -0.25) is 4.79 Å². The molecule has 0 atom stereocenters. The Bertz CT molecular complexity index is 779. The van der Waals surface area contributed by atoms with Crippen LogP contribution in [0.2, 0.25) is 0 Å². The molecule has 2 aromatic heterocycles. The topological polar surface area (TPSA) is 83.8 Å². The van der Waals surface area contributed by atoms with E-state index in [2.05, 4.69) is 15.3 Å². The number of nitrogens with two attached hydrogens (primary N) is 1. The molecule has 0 saturated carbocycles. The van der Waals surface area contributed by atoms with Crippen molar-refractivity contribution in [2.24, 2.45) is 0 Å². The summed E-state index contributed by atoms with van der Waals surface area (Å²) in [6.45, 7) is 0. The molecule has 1 aromatic carbocycles. The third-order valence-electron chi connectivity index (χ3n) is 2.90. The van der Waals surface area contributed by atoms with Gasteiger partial charge in [0.05, 0.1) is 17.4 Å². The summed E-state index contributed by atoms with van der Waals surface area (Å²) < 4.78 is 12.7. The van der Waals surface area contributed by atoms with Crippen molar-refractivity contribution in [3.05, 3.63) is 54.1 Å². The molecule has 0 radical (unpaired) electrons. The number of hydrogen-bond acceptors (Lipinski definition) is 3. The number of aromatic nitrogens is 2. The van der Waals surface area contributed by atoms with E-state index in [9.17, 15) is 9.18 Å². The van der Waals surface area contributed by atoms with Crippen molar-refractivity contribution in [1.82, 2.24) is 9.97 Å². The van der Waals surface area contributed by atoms with Crippen molar-refractivity contribution in [2.45, 2.75) is 0 Å². The molecule has 0 fully saturated rings. The van der Waals surface area contributed by atoms with Gasteiger partial charge in [0.2, 0.25) is 0 Å². The number of anilines is 2. The van der Waals surface area contributed by atoms with Crippen LogP contribution in [-0.4, -0.2) is 15.9 Å². The molecule has 0 aliphatic heterocycles. The number of H-pyrrole nitrogens is 1. The molecule has 3 rings (SSSR count). The van der Waals surface area contributed by atoms with Gasteiger partial charge in [-0.1, -0.05) is 12.1 Å². The predicted octanol–water partition coefficient (Wildman–Crippen LogP) is 2.54. The van der Waals surface area contributed by atoms with Gasteiger partial charge in [0.15, 0.2) is 0 Å². The molecule has 5 nitrogen and oxygen atoms in total. The Kier molecular flexibility index (Phi) is 2.83. The van der Waals surface area contributed by atoms with Gasteiger partial charge < -0.3 is 16.0 Å². The van der Waals surface area contributed by atoms with Gasteiger partial charge >= 0.3 is 0 Å². The van der Waals surface area contributed by atoms with Crippen LogP contribution in [0.3, 0.4) is 0 Å². The normalized spacial score (nSPS) is 10.7. The predicted molar refractivity (Wildman–Crippen MR) is 74.9 cm³/mol. The molecule has 0 aliphatic rings. The maximum Gasteiger partial charge on any atom is 0.273 e. The number of carbonyl (C=O) groups excluding carboxylic acids is 1. The van der Waals surface area contributed by atoms with Gasteiger partial charge in [-0.2, -0.15) is 0 Å². The van der Waals surface area contributed by atoms with Crippen molar-refractivity contribution < 1.29 is 9.18 Å². The summed E-state index contributed by atoms with van der Waals surface area (Å²) in [5, 5.41) is 3.43. The van der Waals surface area contributed by atoms with Crippen LogP contribution in [0, 0.1) is 5.82 Å². The van der Waals surface area contributed by atoms with Gasteiger partial charge in [-0.05, 0) is 24.3 Å². The molecule has 3 aromatic rings. The van der Waals surface area contributed by atoms with Crippen LogP contribution >= 0.6 is 0 Å². The van der Waals surface area contributed by atoms with Gasteiger partial charge in [0, 0.05) is 5.39 Å². The number of nitrogens with one attached hydrogen (secondary N) is 2. The van der Waals surface area contributed by atoms with Crippen molar-refractivity contribution in [3.63, 3.8) is 0 Å². The van der Waals surface area contributed by atoms with Crippen LogP contribution in [0.5, 0.6) is 0 Å². The van der Waals surface area contributed by atoms with Crippen molar-refractivity contribution in [1.29, 1.82) is 0 Å². The Morgan fingerprint density at radius 3 is 2.85 bits per heavy atom. The fourth-order valence-electron chi connectivity index (χ4n) is 1.94. The summed E-state index contributed by atoms with van der Waals surface area (Å²) in [7, 11) is 0. The van der Waals surface area contributed by atoms with E-state index < -0.39 is 5.82 Å². The second-order valence-electron chi connectivity index (χ2n) is 4.31. The lowest BCUT2D eigenvalue weighted by molar-refractivity contribution is 0.102. The van der Waals surface area contributed by atoms with E-state index in [1.54, 1.807) is 12.1 Å². The number of carbonyl (C=O) groups is 1. The Morgan fingerprint density at radius 2 is 2.15 bits per heavy atom. The van der Waals surface area contributed by atoms with Gasteiger partial charge in [-0.15, -0.1) is 0 Å². The number of pyridine rings is 1. The van der Waals surface area contributed by atoms with E-state index in [0.717, 1.165) is 11.6 Å². The minimum atomic E-state index is -0.457. The Hall–Kier alpha value is -2.89. The summed E-state index contributed by atoms with van der Waals surface area (Å²) >= 11 is 0. The molecule has 0 spiro atoms. The molecule has 0 bridgehead atoms. The van der Waals surface area contributed by atoms with Crippen LogP contribution in [0.25, 0.3) is 10.9 Å². The molecule has 0 saturated heterocycles. The smallest absolute Gasteiger partial charge is 0.273 e. The lowest BCUT2D eigenvalue weighted by Crippen LogP contribution is -2.13. The van der Waals surface area contributed by atoms with Crippen LogP contribution in [-0.2, 0) is 0 Å². The number of hydrogen-bond donors (Lipinski definition) is 3. The summed E-state index contributed by atoms with van der Waals surface area (Å²) in [6, 6.07) is 9.74. The highest BCUT2D eigenvalue weighted by Gasteiger charge is 2.11. The van der Waals surface area contributed by atoms with E-state index in [1.165, 1.54) is 12.1 Å². The SMILES string of the molecule is Nc1cccc2cc(C(=O)Nc3ccc(F)cn3)[nH]c12. The minimum absolute atomic E-state index is 0.281. The van der Waals surface area contributed by atoms with E-state index in [0.29, 0.717) is 16.9 Å². The quantitative estimate of drug-likeness (QED) is 0.626. The van der Waals surface area contributed by atoms with E-state index in [4.69, 9.17) is 5.73 Å². The van der Waals surface area contributed by atoms with Crippen molar-refractivity contribution in [2.75, 3.05) is 11.1 Å². The zero-order chi connectivity index (χ0) is 14.1. The molecule has 20 heavy (non-hydrogen) atoms. The van der Waals surface area contributed by atoms with E-state index >= 15 is 0 Å². The minimum Gasteiger partial charge on any atom is -0.397 e. The summed E-state index contributed by atoms with van der Waals surface area (Å²) in [6.07, 6.45) is 1.04. The van der Waals surface area contributed by atoms with Gasteiger partial charge in [0.25, 0.3) is 5.91 Å². The molecule has 1 amide bonds. The highest BCUT2D eigenvalue weighted by Crippen LogP contribution is 2.21. The largest absolute Gasteiger partial charge is 0.397 e. The summed E-state index contributed by atoms with van der Waals surface area (Å²) in [5.74, 6) is -0.538. The molecule has 2 heterocycles. The first-order valence-electron chi connectivity index (χ1n) is 5.93. The van der Waals surface area contributed by atoms with Crippen LogP contribution in [0.15, 0.2) is 42.6 Å². The average Bonchev–Trinajstić information content (AvgIpc) is 2.87. The fourth-order valence-corrected chi connectivity index (χ4v) is 1.94. The highest BCUT2D eigenvalue weighted by atomic mass is 19.1. The van der Waals surface area contributed by atoms with Crippen LogP contribution < -0.4 is 11.1 Å². The molecule has 6 heteroatoms. The summed E-state index contributed by atoms with van der Waals surface area (Å²) in [5.41, 5.74) is 7.47. The van der Waals surface area contributed by atoms with Crippen LogP contribution in [0.1, 0.15) is 10.5 Å². The number of amides is 1. The van der Waals surface area contributed by atoms with E-state index in [1.807, 2.05) is 12.1 Å². The number of nitrogen functional groups attached to an aromatic ring is 1. The number of rotatable bonds is 2. The Labute approximate surface area is 113 Å². The fraction of sp³-hybridized carbons (Fsp3) is 0. The molecule has 0 unspecified atom stereocenters. The van der Waals surface area contributed by atoms with Gasteiger partial charge in [0.1, 0.15) is 17.3 Å². The highest BCUT2D eigenvalue weighted by molar-refractivity contribution is 6.06. The Balaban J connectivity index is 1.89. The number of benzene rings is 1. The van der Waals surface area contributed by atoms with Gasteiger partial charge in [-0.25, -0.2) is 9.37 Å². The first-order chi connectivity index (χ1) is 9.63. The number of aromatic amines is 1. The summed E-state index contributed by atoms with van der Waals surface area (Å²) in [4.78, 5) is 18.8.